The maximum absolute atomic E-state index is 13.4. The molecule has 116 valence electrons. The lowest BCUT2D eigenvalue weighted by atomic mass is 10.1. The number of nitrogens with one attached hydrogen (secondary N) is 1. The molecule has 0 fully saturated rings. The largest absolute Gasteiger partial charge is 0.391 e. The minimum absolute atomic E-state index is 0.00458. The summed E-state index contributed by atoms with van der Waals surface area (Å²) in [6.45, 7) is 0.0602. The quantitative estimate of drug-likeness (QED) is 0.860. The van der Waals surface area contributed by atoms with Crippen molar-refractivity contribution in [2.75, 3.05) is 6.54 Å². The minimum Gasteiger partial charge on any atom is -0.391 e. The summed E-state index contributed by atoms with van der Waals surface area (Å²) in [5.41, 5.74) is 0.954. The molecule has 2 N–H and O–H groups in total. The molecule has 0 bridgehead atoms. The lowest BCUT2D eigenvalue weighted by Gasteiger charge is -2.12. The topological polar surface area (TPSA) is 49.3 Å². The highest BCUT2D eigenvalue weighted by Crippen LogP contribution is 2.10. The van der Waals surface area contributed by atoms with Gasteiger partial charge < -0.3 is 10.4 Å². The minimum atomic E-state index is -0.733. The molecule has 3 nitrogen and oxygen atoms in total. The Bertz CT molecular complexity index is 632. The Labute approximate surface area is 127 Å². The van der Waals surface area contributed by atoms with Crippen LogP contribution in [0.1, 0.15) is 11.1 Å². The summed E-state index contributed by atoms with van der Waals surface area (Å²) in [4.78, 5) is 11.7. The summed E-state index contributed by atoms with van der Waals surface area (Å²) in [7, 11) is 0. The molecule has 1 amide bonds. The summed E-state index contributed by atoms with van der Waals surface area (Å²) in [5.74, 6) is -1.67. The summed E-state index contributed by atoms with van der Waals surface area (Å²) in [6.07, 6.45) is -0.583. The molecule has 0 aromatic heterocycles. The van der Waals surface area contributed by atoms with Gasteiger partial charge in [-0.3, -0.25) is 4.79 Å². The van der Waals surface area contributed by atoms with Crippen molar-refractivity contribution in [3.8, 4) is 0 Å². The van der Waals surface area contributed by atoms with Crippen LogP contribution >= 0.6 is 0 Å². The van der Waals surface area contributed by atoms with Gasteiger partial charge in [0.15, 0.2) is 0 Å². The number of aliphatic hydroxyl groups is 1. The number of benzene rings is 2. The van der Waals surface area contributed by atoms with Crippen LogP contribution in [0.4, 0.5) is 8.78 Å². The first kappa shape index (κ1) is 16.1. The normalized spacial score (nSPS) is 12.0. The average molecular weight is 305 g/mol. The third-order valence-corrected chi connectivity index (χ3v) is 3.21. The zero-order valence-corrected chi connectivity index (χ0v) is 11.9. The SMILES string of the molecule is O=C(Cc1cc(F)ccc1F)NCC(O)Cc1ccccc1. The highest BCUT2D eigenvalue weighted by Gasteiger charge is 2.11. The molecule has 1 unspecified atom stereocenters. The molecule has 2 aromatic rings. The monoisotopic (exact) mass is 305 g/mol. The van der Waals surface area contributed by atoms with E-state index >= 15 is 0 Å². The molecule has 0 saturated carbocycles. The molecule has 0 radical (unpaired) electrons. The van der Waals surface area contributed by atoms with E-state index in [-0.39, 0.29) is 18.5 Å². The molecular weight excluding hydrogens is 288 g/mol. The Morgan fingerprint density at radius 2 is 1.86 bits per heavy atom. The van der Waals surface area contributed by atoms with Crippen LogP contribution in [0.2, 0.25) is 0 Å². The molecule has 0 aliphatic rings. The Morgan fingerprint density at radius 3 is 2.59 bits per heavy atom. The van der Waals surface area contributed by atoms with Crippen molar-refractivity contribution in [2.24, 2.45) is 0 Å². The maximum Gasteiger partial charge on any atom is 0.224 e. The number of hydrogen-bond donors (Lipinski definition) is 2. The van der Waals surface area contributed by atoms with Gasteiger partial charge in [0.2, 0.25) is 5.91 Å². The molecular formula is C17H17F2NO2. The first-order valence-electron chi connectivity index (χ1n) is 6.97. The van der Waals surface area contributed by atoms with Gasteiger partial charge >= 0.3 is 0 Å². The molecule has 0 aliphatic heterocycles. The van der Waals surface area contributed by atoms with E-state index in [1.165, 1.54) is 0 Å². The first-order chi connectivity index (χ1) is 10.5. The number of amides is 1. The Hall–Kier alpha value is -2.27. The predicted octanol–water partition coefficient (Wildman–Crippen LogP) is 2.23. The van der Waals surface area contributed by atoms with Crippen molar-refractivity contribution in [2.45, 2.75) is 18.9 Å². The van der Waals surface area contributed by atoms with Crippen molar-refractivity contribution in [3.63, 3.8) is 0 Å². The molecule has 1 atom stereocenters. The fourth-order valence-electron chi connectivity index (χ4n) is 2.10. The van der Waals surface area contributed by atoms with Gasteiger partial charge in [-0.1, -0.05) is 30.3 Å². The number of carbonyl (C=O) groups is 1. The van der Waals surface area contributed by atoms with Gasteiger partial charge in [-0.25, -0.2) is 8.78 Å². The number of aliphatic hydroxyl groups excluding tert-OH is 1. The first-order valence-corrected chi connectivity index (χ1v) is 6.97. The fraction of sp³-hybridized carbons (Fsp3) is 0.235. The second-order valence-corrected chi connectivity index (χ2v) is 5.06. The van der Waals surface area contributed by atoms with E-state index in [1.54, 1.807) is 0 Å². The molecule has 0 heterocycles. The van der Waals surface area contributed by atoms with Crippen molar-refractivity contribution >= 4 is 5.91 Å². The highest BCUT2D eigenvalue weighted by atomic mass is 19.1. The van der Waals surface area contributed by atoms with Gasteiger partial charge in [0.05, 0.1) is 12.5 Å². The van der Waals surface area contributed by atoms with Crippen molar-refractivity contribution in [3.05, 3.63) is 71.3 Å². The van der Waals surface area contributed by atoms with Crippen LogP contribution in [-0.4, -0.2) is 23.7 Å². The zero-order chi connectivity index (χ0) is 15.9. The maximum atomic E-state index is 13.4. The lowest BCUT2D eigenvalue weighted by Crippen LogP contribution is -2.34. The summed E-state index contributed by atoms with van der Waals surface area (Å²) in [5, 5.41) is 12.4. The number of halogens is 2. The fourth-order valence-corrected chi connectivity index (χ4v) is 2.10. The smallest absolute Gasteiger partial charge is 0.224 e. The van der Waals surface area contributed by atoms with Gasteiger partial charge in [0.25, 0.3) is 0 Å². The molecule has 0 spiro atoms. The van der Waals surface area contributed by atoms with Crippen molar-refractivity contribution in [1.82, 2.24) is 5.32 Å². The van der Waals surface area contributed by atoms with Gasteiger partial charge in [-0.15, -0.1) is 0 Å². The van der Waals surface area contributed by atoms with E-state index in [0.29, 0.717) is 6.42 Å². The third kappa shape index (κ3) is 4.93. The average Bonchev–Trinajstić information content (AvgIpc) is 2.50. The summed E-state index contributed by atoms with van der Waals surface area (Å²) >= 11 is 0. The second-order valence-electron chi connectivity index (χ2n) is 5.06. The van der Waals surface area contributed by atoms with Crippen LogP contribution in [0.25, 0.3) is 0 Å². The standard InChI is InChI=1S/C17H17F2NO2/c18-14-6-7-16(19)13(9-14)10-17(22)20-11-15(21)8-12-4-2-1-3-5-12/h1-7,9,15,21H,8,10-11H2,(H,20,22). The van der Waals surface area contributed by atoms with Crippen LogP contribution in [0.5, 0.6) is 0 Å². The predicted molar refractivity (Wildman–Crippen MR) is 79.2 cm³/mol. The van der Waals surface area contributed by atoms with Crippen LogP contribution in [-0.2, 0) is 17.6 Å². The van der Waals surface area contributed by atoms with E-state index in [4.69, 9.17) is 0 Å². The molecule has 5 heteroatoms. The van der Waals surface area contributed by atoms with E-state index < -0.39 is 23.6 Å². The molecule has 0 saturated heterocycles. The zero-order valence-electron chi connectivity index (χ0n) is 11.9. The van der Waals surface area contributed by atoms with Crippen molar-refractivity contribution in [1.29, 1.82) is 0 Å². The van der Waals surface area contributed by atoms with E-state index in [0.717, 1.165) is 23.8 Å². The van der Waals surface area contributed by atoms with Gasteiger partial charge in [-0.2, -0.15) is 0 Å². The summed E-state index contributed by atoms with van der Waals surface area (Å²) in [6, 6.07) is 12.4. The molecule has 22 heavy (non-hydrogen) atoms. The van der Waals surface area contributed by atoms with Gasteiger partial charge in [0, 0.05) is 18.5 Å². The molecule has 2 aromatic carbocycles. The second kappa shape index (κ2) is 7.66. The van der Waals surface area contributed by atoms with E-state index in [2.05, 4.69) is 5.32 Å². The Kier molecular flexibility index (Phi) is 5.61. The Morgan fingerprint density at radius 1 is 1.14 bits per heavy atom. The Balaban J connectivity index is 1.81. The van der Waals surface area contributed by atoms with E-state index in [1.807, 2.05) is 30.3 Å². The molecule has 0 aliphatic carbocycles. The van der Waals surface area contributed by atoms with Gasteiger partial charge in [0.1, 0.15) is 11.6 Å². The lowest BCUT2D eigenvalue weighted by molar-refractivity contribution is -0.120. The third-order valence-electron chi connectivity index (χ3n) is 3.21. The number of hydrogen-bond acceptors (Lipinski definition) is 2. The summed E-state index contributed by atoms with van der Waals surface area (Å²) < 4.78 is 26.4. The molecule has 2 rings (SSSR count). The highest BCUT2D eigenvalue weighted by molar-refractivity contribution is 5.78. The number of rotatable bonds is 6. The van der Waals surface area contributed by atoms with Crippen LogP contribution in [0.15, 0.2) is 48.5 Å². The van der Waals surface area contributed by atoms with Crippen LogP contribution in [0, 0.1) is 11.6 Å². The van der Waals surface area contributed by atoms with Gasteiger partial charge in [-0.05, 0) is 23.8 Å². The number of carbonyl (C=O) groups excluding carboxylic acids is 1. The van der Waals surface area contributed by atoms with Crippen molar-refractivity contribution < 1.29 is 18.7 Å². The van der Waals surface area contributed by atoms with Crippen LogP contribution < -0.4 is 5.32 Å². The van der Waals surface area contributed by atoms with Crippen LogP contribution in [0.3, 0.4) is 0 Å². The van der Waals surface area contributed by atoms with E-state index in [9.17, 15) is 18.7 Å².